The van der Waals surface area contributed by atoms with E-state index in [4.69, 9.17) is 4.52 Å². The third-order valence-corrected chi connectivity index (χ3v) is 6.45. The zero-order valence-electron chi connectivity index (χ0n) is 22.0. The van der Waals surface area contributed by atoms with Gasteiger partial charge in [-0.3, -0.25) is 9.69 Å². The van der Waals surface area contributed by atoms with Crippen molar-refractivity contribution in [3.63, 3.8) is 0 Å². The van der Waals surface area contributed by atoms with Crippen LogP contribution in [-0.2, 0) is 28.7 Å². The molecule has 10 heteroatoms. The van der Waals surface area contributed by atoms with Crippen molar-refractivity contribution in [3.8, 4) is 11.5 Å². The Balaban J connectivity index is 1.56. The van der Waals surface area contributed by atoms with Crippen LogP contribution in [0.4, 0.5) is 18.9 Å². The molecule has 0 spiro atoms. The number of hydrogen-bond acceptors (Lipinski definition) is 5. The van der Waals surface area contributed by atoms with Crippen molar-refractivity contribution in [3.05, 3.63) is 65.5 Å². The molecule has 0 saturated carbocycles. The molecule has 3 rings (SSSR count). The highest BCUT2D eigenvalue weighted by Crippen LogP contribution is 2.31. The van der Waals surface area contributed by atoms with Gasteiger partial charge in [0.15, 0.2) is 5.82 Å². The van der Waals surface area contributed by atoms with Crippen LogP contribution in [-0.4, -0.2) is 27.1 Å². The summed E-state index contributed by atoms with van der Waals surface area (Å²) in [5, 5.41) is 13.3. The molecule has 0 bridgehead atoms. The van der Waals surface area contributed by atoms with Gasteiger partial charge in [0, 0.05) is 17.7 Å². The van der Waals surface area contributed by atoms with Crippen molar-refractivity contribution in [2.45, 2.75) is 83.9 Å². The van der Waals surface area contributed by atoms with Gasteiger partial charge >= 0.3 is 18.1 Å². The van der Waals surface area contributed by atoms with Crippen LogP contribution in [0.25, 0.3) is 11.5 Å². The molecule has 39 heavy (non-hydrogen) atoms. The summed E-state index contributed by atoms with van der Waals surface area (Å²) in [6.07, 6.45) is 7.24. The number of benzene rings is 2. The average Bonchev–Trinajstić information content (AvgIpc) is 3.39. The number of halogens is 3. The van der Waals surface area contributed by atoms with E-state index in [0.29, 0.717) is 22.8 Å². The number of carbonyl (C=O) groups excluding carboxylic acids is 1. The minimum atomic E-state index is -4.54. The Morgan fingerprint density at radius 2 is 1.46 bits per heavy atom. The standard InChI is InChI=1S/C29H34F3N3O4/c1-2-3-4-5-6-7-8-9-10-11-25-33-26(39-34-25)22-14-12-21(13-15-22)20-35(27(36)28(37)38)24-18-16-23(17-19-24)29(30,31)32/h12-19H,2-11,20H2,1H3,(H,37,38). The van der Waals surface area contributed by atoms with Crippen molar-refractivity contribution < 1.29 is 32.4 Å². The van der Waals surface area contributed by atoms with Crippen LogP contribution >= 0.6 is 0 Å². The number of aromatic nitrogens is 2. The lowest BCUT2D eigenvalue weighted by molar-refractivity contribution is -0.148. The maximum atomic E-state index is 12.9. The van der Waals surface area contributed by atoms with E-state index >= 15 is 0 Å². The monoisotopic (exact) mass is 545 g/mol. The molecule has 1 heterocycles. The number of carbonyl (C=O) groups is 2. The van der Waals surface area contributed by atoms with E-state index in [2.05, 4.69) is 17.1 Å². The van der Waals surface area contributed by atoms with Gasteiger partial charge in [-0.1, -0.05) is 75.6 Å². The molecule has 210 valence electrons. The van der Waals surface area contributed by atoms with E-state index in [0.717, 1.165) is 48.4 Å². The average molecular weight is 546 g/mol. The predicted molar refractivity (Wildman–Crippen MR) is 141 cm³/mol. The molecule has 0 aliphatic rings. The van der Waals surface area contributed by atoms with Gasteiger partial charge in [0.1, 0.15) is 0 Å². The van der Waals surface area contributed by atoms with E-state index in [1.165, 1.54) is 44.9 Å². The maximum absolute atomic E-state index is 12.9. The van der Waals surface area contributed by atoms with Crippen LogP contribution in [0.5, 0.6) is 0 Å². The summed E-state index contributed by atoms with van der Waals surface area (Å²) in [6.45, 7) is 2.07. The summed E-state index contributed by atoms with van der Waals surface area (Å²) < 4.78 is 44.1. The minimum absolute atomic E-state index is 0.0394. The Labute approximate surface area is 226 Å². The summed E-state index contributed by atoms with van der Waals surface area (Å²) in [5.41, 5.74) is 0.380. The second-order valence-corrected chi connectivity index (χ2v) is 9.53. The number of hydrogen-bond donors (Lipinski definition) is 1. The van der Waals surface area contributed by atoms with Crippen LogP contribution in [0, 0.1) is 0 Å². The third-order valence-electron chi connectivity index (χ3n) is 6.45. The highest BCUT2D eigenvalue weighted by Gasteiger charge is 2.31. The Hall–Kier alpha value is -3.69. The molecule has 7 nitrogen and oxygen atoms in total. The summed E-state index contributed by atoms with van der Waals surface area (Å²) in [5.74, 6) is -1.97. The van der Waals surface area contributed by atoms with Crippen LogP contribution in [0.2, 0.25) is 0 Å². The smallest absolute Gasteiger partial charge is 0.416 e. The first-order valence-corrected chi connectivity index (χ1v) is 13.3. The van der Waals surface area contributed by atoms with Crippen LogP contribution < -0.4 is 4.90 Å². The molecule has 0 unspecified atom stereocenters. The number of nitrogens with zero attached hydrogens (tertiary/aromatic N) is 3. The van der Waals surface area contributed by atoms with Gasteiger partial charge in [0.2, 0.25) is 0 Å². The van der Waals surface area contributed by atoms with Gasteiger partial charge in [-0.05, 0) is 48.4 Å². The summed E-state index contributed by atoms with van der Waals surface area (Å²) in [7, 11) is 0. The number of amides is 1. The van der Waals surface area contributed by atoms with Crippen molar-refractivity contribution in [2.24, 2.45) is 0 Å². The lowest BCUT2D eigenvalue weighted by Crippen LogP contribution is -2.36. The van der Waals surface area contributed by atoms with Crippen LogP contribution in [0.1, 0.15) is 81.7 Å². The van der Waals surface area contributed by atoms with Crippen LogP contribution in [0.15, 0.2) is 53.1 Å². The zero-order valence-corrected chi connectivity index (χ0v) is 22.0. The number of aryl methyl sites for hydroxylation is 1. The fourth-order valence-electron chi connectivity index (χ4n) is 4.23. The fraction of sp³-hybridized carbons (Fsp3) is 0.448. The molecule has 1 N–H and O–H groups in total. The Morgan fingerprint density at radius 1 is 0.872 bits per heavy atom. The molecule has 0 aliphatic carbocycles. The molecule has 0 aliphatic heterocycles. The molecular weight excluding hydrogens is 511 g/mol. The van der Waals surface area contributed by atoms with Gasteiger partial charge in [-0.2, -0.15) is 18.2 Å². The van der Waals surface area contributed by atoms with Gasteiger partial charge in [-0.25, -0.2) is 4.79 Å². The zero-order chi connectivity index (χ0) is 28.3. The first kappa shape index (κ1) is 29.9. The molecule has 0 saturated heterocycles. The van der Waals surface area contributed by atoms with Crippen molar-refractivity contribution in [1.82, 2.24) is 10.1 Å². The van der Waals surface area contributed by atoms with Crippen LogP contribution in [0.3, 0.4) is 0 Å². The number of carboxylic acids is 1. The molecular formula is C29H34F3N3O4. The molecule has 3 aromatic rings. The SMILES string of the molecule is CCCCCCCCCCCc1noc(-c2ccc(CN(C(=O)C(=O)O)c3ccc(C(F)(F)F)cc3)cc2)n1. The number of rotatable bonds is 14. The summed E-state index contributed by atoms with van der Waals surface area (Å²) >= 11 is 0. The largest absolute Gasteiger partial charge is 0.474 e. The van der Waals surface area contributed by atoms with Crippen molar-refractivity contribution >= 4 is 17.6 Å². The van der Waals surface area contributed by atoms with Gasteiger partial charge in [-0.15, -0.1) is 0 Å². The first-order chi connectivity index (χ1) is 18.7. The van der Waals surface area contributed by atoms with Crippen molar-refractivity contribution in [2.75, 3.05) is 4.90 Å². The second kappa shape index (κ2) is 14.5. The Morgan fingerprint density at radius 3 is 2.03 bits per heavy atom. The minimum Gasteiger partial charge on any atom is -0.474 e. The molecule has 0 atom stereocenters. The van der Waals surface area contributed by atoms with E-state index < -0.39 is 23.6 Å². The molecule has 0 radical (unpaired) electrons. The van der Waals surface area contributed by atoms with Crippen molar-refractivity contribution in [1.29, 1.82) is 0 Å². The maximum Gasteiger partial charge on any atom is 0.416 e. The highest BCUT2D eigenvalue weighted by atomic mass is 19.4. The van der Waals surface area contributed by atoms with E-state index in [1.54, 1.807) is 24.3 Å². The van der Waals surface area contributed by atoms with Gasteiger partial charge in [0.05, 0.1) is 12.1 Å². The second-order valence-electron chi connectivity index (χ2n) is 9.53. The highest BCUT2D eigenvalue weighted by molar-refractivity contribution is 6.37. The number of carboxylic acid groups (broad SMARTS) is 1. The number of alkyl halides is 3. The molecule has 0 fully saturated rings. The molecule has 1 amide bonds. The van der Waals surface area contributed by atoms with Gasteiger partial charge in [0.25, 0.3) is 5.89 Å². The van der Waals surface area contributed by atoms with E-state index in [1.807, 2.05) is 0 Å². The number of anilines is 1. The lowest BCUT2D eigenvalue weighted by Gasteiger charge is -2.21. The number of aliphatic carboxylic acids is 1. The number of unbranched alkanes of at least 4 members (excludes halogenated alkanes) is 8. The van der Waals surface area contributed by atoms with E-state index in [-0.39, 0.29) is 12.2 Å². The fourth-order valence-corrected chi connectivity index (χ4v) is 4.23. The topological polar surface area (TPSA) is 96.5 Å². The predicted octanol–water partition coefficient (Wildman–Crippen LogP) is 7.45. The Kier molecular flexibility index (Phi) is 11.1. The molecule has 1 aromatic heterocycles. The lowest BCUT2D eigenvalue weighted by atomic mass is 10.1. The third kappa shape index (κ3) is 9.23. The van der Waals surface area contributed by atoms with Gasteiger partial charge < -0.3 is 9.63 Å². The summed E-state index contributed by atoms with van der Waals surface area (Å²) in [4.78, 5) is 29.0. The Bertz CT molecular complexity index is 1190. The molecule has 2 aromatic carbocycles. The van der Waals surface area contributed by atoms with E-state index in [9.17, 15) is 27.9 Å². The normalized spacial score (nSPS) is 11.5. The summed E-state index contributed by atoms with van der Waals surface area (Å²) in [6, 6.07) is 10.5. The first-order valence-electron chi connectivity index (χ1n) is 13.3. The quantitative estimate of drug-likeness (QED) is 0.167.